The third-order valence-corrected chi connectivity index (χ3v) is 4.14. The van der Waals surface area contributed by atoms with Crippen molar-refractivity contribution in [2.24, 2.45) is 0 Å². The zero-order chi connectivity index (χ0) is 19.0. The van der Waals surface area contributed by atoms with Gasteiger partial charge in [0.05, 0.1) is 6.54 Å². The summed E-state index contributed by atoms with van der Waals surface area (Å²) in [7, 11) is 1.67. The molecule has 0 atom stereocenters. The van der Waals surface area contributed by atoms with Gasteiger partial charge in [0.25, 0.3) is 11.7 Å². The second-order valence-corrected chi connectivity index (χ2v) is 6.28. The number of pyridine rings is 1. The number of aromatic nitrogens is 6. The standard InChI is InChI=1S/C18H17N7O2/c1-11-7-12(2)25-16(21-22-18(25)20-11)17(26)24(3)10-14-8-15(23-27-14)13-5-4-6-19-9-13/h4-9H,10H2,1-3H3. The zero-order valence-corrected chi connectivity index (χ0v) is 15.1. The van der Waals surface area contributed by atoms with E-state index in [0.29, 0.717) is 17.2 Å². The van der Waals surface area contributed by atoms with Crippen LogP contribution >= 0.6 is 0 Å². The molecule has 27 heavy (non-hydrogen) atoms. The van der Waals surface area contributed by atoms with Crippen LogP contribution in [0, 0.1) is 13.8 Å². The van der Waals surface area contributed by atoms with Crippen molar-refractivity contribution in [2.45, 2.75) is 20.4 Å². The maximum atomic E-state index is 12.8. The van der Waals surface area contributed by atoms with Gasteiger partial charge in [0.15, 0.2) is 5.76 Å². The van der Waals surface area contributed by atoms with Gasteiger partial charge in [-0.15, -0.1) is 10.2 Å². The third-order valence-electron chi connectivity index (χ3n) is 4.14. The van der Waals surface area contributed by atoms with Crippen LogP contribution < -0.4 is 0 Å². The van der Waals surface area contributed by atoms with Crippen LogP contribution in [-0.2, 0) is 6.54 Å². The molecule has 0 saturated heterocycles. The molecule has 0 spiro atoms. The number of hydrogen-bond acceptors (Lipinski definition) is 7. The van der Waals surface area contributed by atoms with Crippen LogP contribution in [0.2, 0.25) is 0 Å². The van der Waals surface area contributed by atoms with E-state index in [-0.39, 0.29) is 18.3 Å². The Bertz CT molecular complexity index is 1120. The molecule has 0 saturated carbocycles. The Kier molecular flexibility index (Phi) is 4.11. The Morgan fingerprint density at radius 1 is 1.26 bits per heavy atom. The van der Waals surface area contributed by atoms with Crippen molar-refractivity contribution in [3.8, 4) is 11.3 Å². The summed E-state index contributed by atoms with van der Waals surface area (Å²) in [5.41, 5.74) is 3.19. The first kappa shape index (κ1) is 16.8. The van der Waals surface area contributed by atoms with Gasteiger partial charge in [0.1, 0.15) is 5.69 Å². The number of carbonyl (C=O) groups is 1. The fraction of sp³-hybridized carbons (Fsp3) is 0.222. The van der Waals surface area contributed by atoms with Crippen LogP contribution in [0.15, 0.2) is 41.2 Å². The number of amides is 1. The molecule has 0 fully saturated rings. The second kappa shape index (κ2) is 6.60. The van der Waals surface area contributed by atoms with Crippen molar-refractivity contribution in [2.75, 3.05) is 7.05 Å². The lowest BCUT2D eigenvalue weighted by molar-refractivity contribution is 0.0758. The van der Waals surface area contributed by atoms with E-state index in [1.807, 2.05) is 32.0 Å². The Labute approximate surface area is 154 Å². The summed E-state index contributed by atoms with van der Waals surface area (Å²) in [6.45, 7) is 4.01. The topological polar surface area (TPSA) is 102 Å². The van der Waals surface area contributed by atoms with Gasteiger partial charge < -0.3 is 9.42 Å². The van der Waals surface area contributed by atoms with Crippen LogP contribution in [0.4, 0.5) is 0 Å². The third kappa shape index (κ3) is 3.14. The van der Waals surface area contributed by atoms with E-state index in [0.717, 1.165) is 17.0 Å². The maximum Gasteiger partial charge on any atom is 0.292 e. The van der Waals surface area contributed by atoms with Gasteiger partial charge in [-0.05, 0) is 32.0 Å². The van der Waals surface area contributed by atoms with Crippen LogP contribution in [0.1, 0.15) is 27.8 Å². The van der Waals surface area contributed by atoms with Crippen molar-refractivity contribution < 1.29 is 9.32 Å². The van der Waals surface area contributed by atoms with Gasteiger partial charge in [-0.1, -0.05) is 5.16 Å². The lowest BCUT2D eigenvalue weighted by atomic mass is 10.2. The number of hydrogen-bond donors (Lipinski definition) is 0. The molecule has 0 aliphatic heterocycles. The van der Waals surface area contributed by atoms with Crippen molar-refractivity contribution in [1.82, 2.24) is 34.6 Å². The van der Waals surface area contributed by atoms with E-state index >= 15 is 0 Å². The lowest BCUT2D eigenvalue weighted by Crippen LogP contribution is -2.28. The van der Waals surface area contributed by atoms with E-state index in [1.54, 1.807) is 29.9 Å². The summed E-state index contributed by atoms with van der Waals surface area (Å²) in [6.07, 6.45) is 3.40. The molecular formula is C18H17N7O2. The number of fused-ring (bicyclic) bond motifs is 1. The van der Waals surface area contributed by atoms with E-state index in [9.17, 15) is 4.79 Å². The summed E-state index contributed by atoms with van der Waals surface area (Å²) >= 11 is 0. The Morgan fingerprint density at radius 2 is 2.11 bits per heavy atom. The van der Waals surface area contributed by atoms with Gasteiger partial charge in [-0.3, -0.25) is 14.2 Å². The fourth-order valence-electron chi connectivity index (χ4n) is 2.88. The largest absolute Gasteiger partial charge is 0.359 e. The highest BCUT2D eigenvalue weighted by Gasteiger charge is 2.22. The molecule has 4 rings (SSSR count). The summed E-state index contributed by atoms with van der Waals surface area (Å²) in [5, 5.41) is 12.1. The summed E-state index contributed by atoms with van der Waals surface area (Å²) in [6, 6.07) is 7.39. The predicted octanol–water partition coefficient (Wildman–Crippen LogP) is 2.06. The van der Waals surface area contributed by atoms with E-state index in [2.05, 4.69) is 25.3 Å². The molecule has 4 aromatic heterocycles. The predicted molar refractivity (Wildman–Crippen MR) is 95.8 cm³/mol. The van der Waals surface area contributed by atoms with E-state index in [1.165, 1.54) is 4.90 Å². The molecule has 0 aliphatic carbocycles. The fourth-order valence-corrected chi connectivity index (χ4v) is 2.88. The highest BCUT2D eigenvalue weighted by molar-refractivity contribution is 5.91. The van der Waals surface area contributed by atoms with E-state index < -0.39 is 0 Å². The molecule has 4 aromatic rings. The average molecular weight is 363 g/mol. The molecule has 4 heterocycles. The van der Waals surface area contributed by atoms with Crippen molar-refractivity contribution in [1.29, 1.82) is 0 Å². The highest BCUT2D eigenvalue weighted by atomic mass is 16.5. The van der Waals surface area contributed by atoms with E-state index in [4.69, 9.17) is 4.52 Å². The number of rotatable bonds is 4. The highest BCUT2D eigenvalue weighted by Crippen LogP contribution is 2.19. The number of nitrogens with zero attached hydrogens (tertiary/aromatic N) is 7. The van der Waals surface area contributed by atoms with Crippen molar-refractivity contribution in [3.05, 3.63) is 59.6 Å². The molecule has 0 aliphatic rings. The lowest BCUT2D eigenvalue weighted by Gasteiger charge is -2.14. The molecule has 136 valence electrons. The van der Waals surface area contributed by atoms with Crippen LogP contribution in [-0.4, -0.2) is 47.6 Å². The first-order chi connectivity index (χ1) is 13.0. The maximum absolute atomic E-state index is 12.8. The van der Waals surface area contributed by atoms with Gasteiger partial charge in [0, 0.05) is 42.5 Å². The first-order valence-corrected chi connectivity index (χ1v) is 8.34. The molecule has 9 heteroatoms. The first-order valence-electron chi connectivity index (χ1n) is 8.34. The zero-order valence-electron chi connectivity index (χ0n) is 15.1. The quantitative estimate of drug-likeness (QED) is 0.547. The monoisotopic (exact) mass is 363 g/mol. The van der Waals surface area contributed by atoms with Crippen molar-refractivity contribution >= 4 is 11.7 Å². The molecule has 0 unspecified atom stereocenters. The molecule has 9 nitrogen and oxygen atoms in total. The minimum atomic E-state index is -0.282. The van der Waals surface area contributed by atoms with Gasteiger partial charge in [-0.2, -0.15) is 0 Å². The SMILES string of the molecule is Cc1cc(C)n2c(C(=O)N(C)Cc3cc(-c4cccnc4)no3)nnc2n1. The average Bonchev–Trinajstić information content (AvgIpc) is 3.29. The minimum absolute atomic E-state index is 0.212. The second-order valence-electron chi connectivity index (χ2n) is 6.28. The number of carbonyl (C=O) groups excluding carboxylic acids is 1. The Balaban J connectivity index is 1.56. The molecule has 0 aromatic carbocycles. The Hall–Kier alpha value is -3.62. The number of aryl methyl sites for hydroxylation is 2. The molecule has 0 N–H and O–H groups in total. The van der Waals surface area contributed by atoms with Gasteiger partial charge in [0.2, 0.25) is 5.82 Å². The van der Waals surface area contributed by atoms with Gasteiger partial charge >= 0.3 is 0 Å². The van der Waals surface area contributed by atoms with Crippen LogP contribution in [0.5, 0.6) is 0 Å². The molecular weight excluding hydrogens is 346 g/mol. The van der Waals surface area contributed by atoms with Crippen molar-refractivity contribution in [3.63, 3.8) is 0 Å². The smallest absolute Gasteiger partial charge is 0.292 e. The van der Waals surface area contributed by atoms with Gasteiger partial charge in [-0.25, -0.2) is 4.98 Å². The molecule has 1 amide bonds. The Morgan fingerprint density at radius 3 is 2.89 bits per heavy atom. The van der Waals surface area contributed by atoms with Crippen LogP contribution in [0.3, 0.4) is 0 Å². The molecule has 0 radical (unpaired) electrons. The molecule has 0 bridgehead atoms. The van der Waals surface area contributed by atoms with Crippen LogP contribution in [0.25, 0.3) is 17.0 Å². The normalized spacial score (nSPS) is 11.1. The summed E-state index contributed by atoms with van der Waals surface area (Å²) < 4.78 is 7.00. The minimum Gasteiger partial charge on any atom is -0.359 e. The summed E-state index contributed by atoms with van der Waals surface area (Å²) in [4.78, 5) is 22.7. The summed E-state index contributed by atoms with van der Waals surface area (Å²) in [5.74, 6) is 0.895.